The Bertz CT molecular complexity index is 1180. The topological polar surface area (TPSA) is 90.3 Å². The summed E-state index contributed by atoms with van der Waals surface area (Å²) in [7, 11) is 1.47. The van der Waals surface area contributed by atoms with E-state index in [-0.39, 0.29) is 23.2 Å². The lowest BCUT2D eigenvalue weighted by Gasteiger charge is -2.27. The normalized spacial score (nSPS) is 16.5. The fourth-order valence-corrected chi connectivity index (χ4v) is 3.91. The van der Waals surface area contributed by atoms with Gasteiger partial charge < -0.3 is 10.1 Å². The molecule has 0 bridgehead atoms. The van der Waals surface area contributed by atoms with E-state index >= 15 is 0 Å². The summed E-state index contributed by atoms with van der Waals surface area (Å²) in [4.78, 5) is 37.7. The van der Waals surface area contributed by atoms with Crippen molar-refractivity contribution < 1.29 is 14.3 Å². The maximum Gasteiger partial charge on any atom is 0.360 e. The van der Waals surface area contributed by atoms with Crippen LogP contribution >= 0.6 is 0 Å². The van der Waals surface area contributed by atoms with Crippen LogP contribution in [0.5, 0.6) is 0 Å². The molecule has 30 heavy (non-hydrogen) atoms. The van der Waals surface area contributed by atoms with Crippen LogP contribution in [0.2, 0.25) is 0 Å². The zero-order valence-corrected chi connectivity index (χ0v) is 16.9. The number of nitrogens with one attached hydrogen (secondary N) is 1. The summed E-state index contributed by atoms with van der Waals surface area (Å²) in [6.45, 7) is 1.53. The Morgan fingerprint density at radius 1 is 1.13 bits per heavy atom. The number of hydrogen-bond acceptors (Lipinski definition) is 5. The van der Waals surface area contributed by atoms with Gasteiger partial charge in [-0.2, -0.15) is 5.10 Å². The highest BCUT2D eigenvalue weighted by Gasteiger charge is 2.27. The van der Waals surface area contributed by atoms with E-state index in [0.29, 0.717) is 10.8 Å². The minimum Gasteiger partial charge on any atom is -0.448 e. The number of rotatable bonds is 4. The first-order valence-corrected chi connectivity index (χ1v) is 10.0. The Morgan fingerprint density at radius 2 is 1.83 bits per heavy atom. The highest BCUT2D eigenvalue weighted by atomic mass is 16.5. The largest absolute Gasteiger partial charge is 0.448 e. The molecule has 0 saturated carbocycles. The Hall–Kier alpha value is -3.48. The summed E-state index contributed by atoms with van der Waals surface area (Å²) in [5.41, 5.74) is 2.06. The zero-order valence-electron chi connectivity index (χ0n) is 16.9. The molecular formula is C23H23N3O4. The number of esters is 1. The van der Waals surface area contributed by atoms with Gasteiger partial charge in [-0.05, 0) is 43.4 Å². The lowest BCUT2D eigenvalue weighted by atomic mass is 9.87. The molecule has 0 spiro atoms. The van der Waals surface area contributed by atoms with E-state index in [2.05, 4.69) is 16.5 Å². The van der Waals surface area contributed by atoms with E-state index in [0.717, 1.165) is 29.5 Å². The van der Waals surface area contributed by atoms with Gasteiger partial charge in [0.05, 0.1) is 11.4 Å². The summed E-state index contributed by atoms with van der Waals surface area (Å²) in [6.07, 6.45) is 1.84. The smallest absolute Gasteiger partial charge is 0.360 e. The molecule has 0 fully saturated rings. The van der Waals surface area contributed by atoms with Crippen molar-refractivity contribution in [2.24, 2.45) is 7.05 Å². The van der Waals surface area contributed by atoms with Gasteiger partial charge in [-0.25, -0.2) is 9.48 Å². The van der Waals surface area contributed by atoms with Crippen LogP contribution in [0.4, 0.5) is 0 Å². The van der Waals surface area contributed by atoms with E-state index in [1.165, 1.54) is 19.5 Å². The first-order chi connectivity index (χ1) is 14.5. The summed E-state index contributed by atoms with van der Waals surface area (Å²) >= 11 is 0. The van der Waals surface area contributed by atoms with Crippen molar-refractivity contribution >= 4 is 22.6 Å². The van der Waals surface area contributed by atoms with E-state index in [1.54, 1.807) is 24.3 Å². The first kappa shape index (κ1) is 19.8. The van der Waals surface area contributed by atoms with E-state index in [1.807, 2.05) is 18.2 Å². The minimum absolute atomic E-state index is 0.00959. The van der Waals surface area contributed by atoms with E-state index < -0.39 is 12.1 Å². The average Bonchev–Trinajstić information content (AvgIpc) is 2.76. The SMILES string of the molecule is C[C@@H](OC(=O)c1nn(C)c(=O)c2ccccc12)C(=O)N[C@@H]1CCCc2ccccc21. The van der Waals surface area contributed by atoms with Gasteiger partial charge in [0.1, 0.15) is 0 Å². The number of ether oxygens (including phenoxy) is 1. The maximum absolute atomic E-state index is 12.7. The Kier molecular flexibility index (Phi) is 5.35. The molecule has 1 amide bonds. The number of fused-ring (bicyclic) bond motifs is 2. The third-order valence-electron chi connectivity index (χ3n) is 5.49. The van der Waals surface area contributed by atoms with Gasteiger partial charge in [0.15, 0.2) is 11.8 Å². The fraction of sp³-hybridized carbons (Fsp3) is 0.304. The molecule has 0 radical (unpaired) electrons. The van der Waals surface area contributed by atoms with Gasteiger partial charge in [0.25, 0.3) is 11.5 Å². The second kappa shape index (κ2) is 8.10. The van der Waals surface area contributed by atoms with Gasteiger partial charge in [-0.15, -0.1) is 0 Å². The number of carbonyl (C=O) groups excluding carboxylic acids is 2. The highest BCUT2D eigenvalue weighted by molar-refractivity contribution is 6.02. The van der Waals surface area contributed by atoms with Crippen LogP contribution in [0, 0.1) is 0 Å². The summed E-state index contributed by atoms with van der Waals surface area (Å²) < 4.78 is 6.50. The van der Waals surface area contributed by atoms with Crippen molar-refractivity contribution in [1.29, 1.82) is 0 Å². The van der Waals surface area contributed by atoms with Crippen LogP contribution in [0.25, 0.3) is 10.8 Å². The second-order valence-electron chi connectivity index (χ2n) is 7.52. The van der Waals surface area contributed by atoms with Crippen molar-refractivity contribution in [1.82, 2.24) is 15.1 Å². The van der Waals surface area contributed by atoms with Gasteiger partial charge in [-0.3, -0.25) is 9.59 Å². The van der Waals surface area contributed by atoms with Crippen molar-refractivity contribution in [3.63, 3.8) is 0 Å². The molecule has 7 nitrogen and oxygen atoms in total. The van der Waals surface area contributed by atoms with Gasteiger partial charge in [0.2, 0.25) is 0 Å². The van der Waals surface area contributed by atoms with Crippen molar-refractivity contribution in [3.8, 4) is 0 Å². The molecule has 1 aliphatic rings. The lowest BCUT2D eigenvalue weighted by molar-refractivity contribution is -0.130. The monoisotopic (exact) mass is 405 g/mol. The van der Waals surface area contributed by atoms with Crippen LogP contribution in [-0.4, -0.2) is 27.8 Å². The summed E-state index contributed by atoms with van der Waals surface area (Å²) in [5.74, 6) is -1.10. The molecule has 1 aliphatic carbocycles. The van der Waals surface area contributed by atoms with Gasteiger partial charge >= 0.3 is 5.97 Å². The van der Waals surface area contributed by atoms with E-state index in [4.69, 9.17) is 4.74 Å². The maximum atomic E-state index is 12.7. The molecule has 4 rings (SSSR count). The highest BCUT2D eigenvalue weighted by Crippen LogP contribution is 2.29. The zero-order chi connectivity index (χ0) is 21.3. The Morgan fingerprint density at radius 3 is 2.63 bits per heavy atom. The number of hydrogen-bond donors (Lipinski definition) is 1. The first-order valence-electron chi connectivity index (χ1n) is 10.0. The molecule has 3 aromatic rings. The number of aromatic nitrogens is 2. The van der Waals surface area contributed by atoms with Crippen LogP contribution in [0.1, 0.15) is 47.4 Å². The quantitative estimate of drug-likeness (QED) is 0.674. The molecule has 1 aromatic heterocycles. The minimum atomic E-state index is -0.996. The number of benzene rings is 2. The van der Waals surface area contributed by atoms with Crippen molar-refractivity contribution in [2.75, 3.05) is 0 Å². The third-order valence-corrected chi connectivity index (χ3v) is 5.49. The predicted octanol–water partition coefficient (Wildman–Crippen LogP) is 2.67. The van der Waals surface area contributed by atoms with Gasteiger partial charge in [-0.1, -0.05) is 42.5 Å². The molecule has 0 saturated heterocycles. The lowest BCUT2D eigenvalue weighted by Crippen LogP contribution is -2.39. The van der Waals surface area contributed by atoms with Gasteiger partial charge in [0, 0.05) is 12.4 Å². The Balaban J connectivity index is 1.51. The molecular weight excluding hydrogens is 382 g/mol. The molecule has 2 aromatic carbocycles. The van der Waals surface area contributed by atoms with Crippen LogP contribution in [0.3, 0.4) is 0 Å². The number of aryl methyl sites for hydroxylation is 2. The predicted molar refractivity (Wildman–Crippen MR) is 112 cm³/mol. The van der Waals surface area contributed by atoms with Crippen LogP contribution < -0.4 is 10.9 Å². The third kappa shape index (κ3) is 3.70. The van der Waals surface area contributed by atoms with Crippen molar-refractivity contribution in [3.05, 3.63) is 75.7 Å². The molecule has 0 unspecified atom stereocenters. The Labute approximate surface area is 173 Å². The number of amides is 1. The average molecular weight is 405 g/mol. The van der Waals surface area contributed by atoms with Crippen LogP contribution in [-0.2, 0) is 23.0 Å². The molecule has 1 N–H and O–H groups in total. The molecule has 1 heterocycles. The number of carbonyl (C=O) groups is 2. The second-order valence-corrected chi connectivity index (χ2v) is 7.52. The number of nitrogens with zero attached hydrogens (tertiary/aromatic N) is 2. The van der Waals surface area contributed by atoms with Crippen LogP contribution in [0.15, 0.2) is 53.3 Å². The molecule has 154 valence electrons. The van der Waals surface area contributed by atoms with E-state index in [9.17, 15) is 14.4 Å². The standard InChI is InChI=1S/C23H23N3O4/c1-14(21(27)24-19-13-7-9-15-8-3-4-10-16(15)19)30-23(29)20-17-11-5-6-12-18(17)22(28)26(2)25-20/h3-6,8,10-12,14,19H,7,9,13H2,1-2H3,(H,24,27)/t14-,19-/m1/s1. The summed E-state index contributed by atoms with van der Waals surface area (Å²) in [6, 6.07) is 14.7. The molecule has 0 aliphatic heterocycles. The molecule has 2 atom stereocenters. The fourth-order valence-electron chi connectivity index (χ4n) is 3.91. The van der Waals surface area contributed by atoms with Crippen molar-refractivity contribution in [2.45, 2.75) is 38.3 Å². The molecule has 7 heteroatoms. The summed E-state index contributed by atoms with van der Waals surface area (Å²) in [5, 5.41) is 7.83.